The van der Waals surface area contributed by atoms with Crippen LogP contribution in [0.3, 0.4) is 0 Å². The Balaban J connectivity index is 1.53. The molecule has 0 radical (unpaired) electrons. The number of imide groups is 1. The number of amides is 7. The van der Waals surface area contributed by atoms with Gasteiger partial charge in [0.05, 0.1) is 29.8 Å². The van der Waals surface area contributed by atoms with Crippen molar-refractivity contribution >= 4 is 41.4 Å². The highest BCUT2D eigenvalue weighted by Gasteiger charge is 2.70. The summed E-state index contributed by atoms with van der Waals surface area (Å²) in [6, 6.07) is 2.21. The van der Waals surface area contributed by atoms with Crippen molar-refractivity contribution < 1.29 is 33.6 Å². The van der Waals surface area contributed by atoms with Crippen molar-refractivity contribution in [3.05, 3.63) is 48.0 Å². The molecule has 1 unspecified atom stereocenters. The zero-order valence-electron chi connectivity index (χ0n) is 32.1. The number of nitrogens with zero attached hydrogens (tertiary/aromatic N) is 2. The van der Waals surface area contributed by atoms with Crippen molar-refractivity contribution in [2.24, 2.45) is 28.1 Å². The molecular weight excluding hydrogens is 664 g/mol. The third-order valence-electron chi connectivity index (χ3n) is 10.9. The first-order valence-electron chi connectivity index (χ1n) is 18.2. The van der Waals surface area contributed by atoms with E-state index >= 15 is 0 Å². The molecule has 1 saturated heterocycles. The Kier molecular flexibility index (Phi) is 11.8. The molecule has 7 amide bonds. The number of ketones is 1. The van der Waals surface area contributed by atoms with E-state index in [2.05, 4.69) is 27.8 Å². The van der Waals surface area contributed by atoms with Gasteiger partial charge in [-0.3, -0.25) is 33.7 Å². The van der Waals surface area contributed by atoms with E-state index in [1.54, 1.807) is 24.3 Å². The van der Waals surface area contributed by atoms with Crippen LogP contribution in [0.15, 0.2) is 36.9 Å². The summed E-state index contributed by atoms with van der Waals surface area (Å²) in [5, 5.41) is 11.1. The summed E-state index contributed by atoms with van der Waals surface area (Å²) in [6.07, 6.45) is 3.07. The fraction of sp³-hybridized carbons (Fsp3) is 0.615. The summed E-state index contributed by atoms with van der Waals surface area (Å²) >= 11 is 0. The SMILES string of the molecule is C=CCNC(=O)C(=O)C(CCCC)NC(=O)[C@@H]1[C@@H]2[C@H](CN1C(=O)[C@@H](NC(=O)N[C@@H](CN1C(=O)c3ccccc3C1=O)C(C)(C)C)C(C)(C)C)C2(C)C. The van der Waals surface area contributed by atoms with E-state index in [1.165, 1.54) is 11.0 Å². The van der Waals surface area contributed by atoms with Crippen LogP contribution in [0, 0.1) is 28.1 Å². The third-order valence-corrected chi connectivity index (χ3v) is 10.9. The van der Waals surface area contributed by atoms with Gasteiger partial charge in [-0.05, 0) is 46.6 Å². The second-order valence-electron chi connectivity index (χ2n) is 17.1. The molecule has 0 aromatic heterocycles. The number of hydrogen-bond donors (Lipinski definition) is 4. The maximum absolute atomic E-state index is 14.5. The van der Waals surface area contributed by atoms with E-state index in [4.69, 9.17) is 0 Å². The van der Waals surface area contributed by atoms with Crippen LogP contribution in [0.4, 0.5) is 4.79 Å². The number of benzene rings is 1. The fourth-order valence-electron chi connectivity index (χ4n) is 7.43. The van der Waals surface area contributed by atoms with Gasteiger partial charge in [-0.2, -0.15) is 0 Å². The maximum atomic E-state index is 14.5. The van der Waals surface area contributed by atoms with Crippen molar-refractivity contribution in [2.75, 3.05) is 19.6 Å². The molecule has 2 aliphatic heterocycles. The molecule has 1 saturated carbocycles. The monoisotopic (exact) mass is 720 g/mol. The number of Topliss-reactive ketones (excluding diaryl/α,β-unsaturated/α-hetero) is 1. The lowest BCUT2D eigenvalue weighted by Crippen LogP contribution is -2.62. The predicted molar refractivity (Wildman–Crippen MR) is 196 cm³/mol. The predicted octanol–water partition coefficient (Wildman–Crippen LogP) is 3.44. The Bertz CT molecular complexity index is 1590. The Morgan fingerprint density at radius 2 is 1.54 bits per heavy atom. The van der Waals surface area contributed by atoms with Crippen LogP contribution in [0.25, 0.3) is 0 Å². The number of urea groups is 1. The molecule has 4 N–H and O–H groups in total. The zero-order valence-corrected chi connectivity index (χ0v) is 32.1. The first kappa shape index (κ1) is 40.2. The molecule has 3 aliphatic rings. The molecule has 0 spiro atoms. The zero-order chi connectivity index (χ0) is 38.9. The quantitative estimate of drug-likeness (QED) is 0.129. The lowest BCUT2D eigenvalue weighted by molar-refractivity contribution is -0.145. The Hall–Kier alpha value is -4.55. The van der Waals surface area contributed by atoms with Crippen molar-refractivity contribution in [1.82, 2.24) is 31.1 Å². The van der Waals surface area contributed by atoms with Gasteiger partial charge in [0.15, 0.2) is 0 Å². The van der Waals surface area contributed by atoms with Crippen molar-refractivity contribution in [3.8, 4) is 0 Å². The number of nitrogens with one attached hydrogen (secondary N) is 4. The molecule has 1 aliphatic carbocycles. The molecule has 2 heterocycles. The van der Waals surface area contributed by atoms with Gasteiger partial charge in [0.25, 0.3) is 17.7 Å². The largest absolute Gasteiger partial charge is 0.346 e. The summed E-state index contributed by atoms with van der Waals surface area (Å²) < 4.78 is 0. The van der Waals surface area contributed by atoms with Gasteiger partial charge >= 0.3 is 6.03 Å². The number of carbonyl (C=O) groups excluding carboxylic acids is 7. The normalized spacial score (nSPS) is 22.1. The molecule has 284 valence electrons. The van der Waals surface area contributed by atoms with Crippen LogP contribution in [0.1, 0.15) is 102 Å². The third kappa shape index (κ3) is 8.23. The van der Waals surface area contributed by atoms with Crippen molar-refractivity contribution in [1.29, 1.82) is 0 Å². The molecule has 1 aromatic carbocycles. The highest BCUT2D eigenvalue weighted by atomic mass is 16.2. The van der Waals surface area contributed by atoms with Gasteiger partial charge in [0.2, 0.25) is 17.6 Å². The number of unbranched alkanes of at least 4 members (excludes halogenated alkanes) is 1. The van der Waals surface area contributed by atoms with Gasteiger partial charge < -0.3 is 26.2 Å². The number of carbonyl (C=O) groups is 7. The van der Waals surface area contributed by atoms with E-state index in [9.17, 15) is 33.6 Å². The van der Waals surface area contributed by atoms with Crippen LogP contribution in [-0.2, 0) is 19.2 Å². The summed E-state index contributed by atoms with van der Waals surface area (Å²) in [5.41, 5.74) is -0.987. The minimum atomic E-state index is -1.06. The second kappa shape index (κ2) is 15.2. The molecule has 13 heteroatoms. The van der Waals surface area contributed by atoms with E-state index < -0.39 is 76.3 Å². The molecule has 4 rings (SSSR count). The van der Waals surface area contributed by atoms with Crippen LogP contribution >= 0.6 is 0 Å². The molecule has 52 heavy (non-hydrogen) atoms. The van der Waals surface area contributed by atoms with E-state index in [1.807, 2.05) is 62.3 Å². The number of likely N-dealkylation sites (tertiary alicyclic amines) is 1. The van der Waals surface area contributed by atoms with Crippen molar-refractivity contribution in [3.63, 3.8) is 0 Å². The van der Waals surface area contributed by atoms with E-state index in [-0.39, 0.29) is 36.8 Å². The second-order valence-corrected chi connectivity index (χ2v) is 17.1. The number of rotatable bonds is 14. The Morgan fingerprint density at radius 1 is 0.942 bits per heavy atom. The van der Waals surface area contributed by atoms with Crippen molar-refractivity contribution in [2.45, 2.75) is 106 Å². The van der Waals surface area contributed by atoms with E-state index in [0.717, 1.165) is 11.3 Å². The highest BCUT2D eigenvalue weighted by Crippen LogP contribution is 2.65. The lowest BCUT2D eigenvalue weighted by atomic mass is 9.85. The molecule has 2 fully saturated rings. The number of fused-ring (bicyclic) bond motifs is 2. The minimum absolute atomic E-state index is 0.0345. The first-order valence-corrected chi connectivity index (χ1v) is 18.2. The van der Waals surface area contributed by atoms with Gasteiger partial charge in [0.1, 0.15) is 12.1 Å². The molecule has 13 nitrogen and oxygen atoms in total. The fourth-order valence-corrected chi connectivity index (χ4v) is 7.43. The Labute approximate surface area is 307 Å². The highest BCUT2D eigenvalue weighted by molar-refractivity contribution is 6.38. The molecule has 1 aromatic rings. The van der Waals surface area contributed by atoms with Gasteiger partial charge in [-0.15, -0.1) is 6.58 Å². The molecule has 0 bridgehead atoms. The van der Waals surface area contributed by atoms with Crippen LogP contribution < -0.4 is 21.3 Å². The van der Waals surface area contributed by atoms with E-state index in [0.29, 0.717) is 24.1 Å². The first-order chi connectivity index (χ1) is 24.2. The average molecular weight is 721 g/mol. The van der Waals surface area contributed by atoms with Crippen LogP contribution in [0.5, 0.6) is 0 Å². The summed E-state index contributed by atoms with van der Waals surface area (Å²) in [6.45, 7) is 21.0. The van der Waals surface area contributed by atoms with Gasteiger partial charge in [0, 0.05) is 13.1 Å². The maximum Gasteiger partial charge on any atom is 0.315 e. The molecular formula is C39H56N6O7. The van der Waals surface area contributed by atoms with Gasteiger partial charge in [-0.1, -0.05) is 93.4 Å². The lowest BCUT2D eigenvalue weighted by Gasteiger charge is -2.39. The summed E-state index contributed by atoms with van der Waals surface area (Å²) in [4.78, 5) is 96.9. The average Bonchev–Trinajstić information content (AvgIpc) is 3.32. The Morgan fingerprint density at radius 3 is 2.06 bits per heavy atom. The minimum Gasteiger partial charge on any atom is -0.346 e. The van der Waals surface area contributed by atoms with Crippen LogP contribution in [0.2, 0.25) is 0 Å². The summed E-state index contributed by atoms with van der Waals surface area (Å²) in [7, 11) is 0. The molecule has 6 atom stereocenters. The smallest absolute Gasteiger partial charge is 0.315 e. The van der Waals surface area contributed by atoms with Crippen LogP contribution in [-0.4, -0.2) is 95.0 Å². The van der Waals surface area contributed by atoms with Gasteiger partial charge in [-0.25, -0.2) is 4.79 Å². The number of hydrogen-bond acceptors (Lipinski definition) is 7. The standard InChI is InChI=1S/C39H56N6O7/c1-11-13-18-25(29(46)32(48)40-19-12-2)41-31(47)28-27-24(39(27,9)10)20-44(28)35(51)30(38(6,7)8)43-36(52)42-26(37(3,4)5)21-45-33(49)22-16-14-15-17-23(22)34(45)50/h12,14-17,24-28,30H,2,11,13,18-21H2,1,3-10H3,(H,40,48)(H,41,47)(H2,42,43,52)/t24-,25?,26-,27-,28-,30+/m0/s1. The number of piperidine rings is 1. The topological polar surface area (TPSA) is 174 Å². The summed E-state index contributed by atoms with van der Waals surface area (Å²) in [5.74, 6) is -3.54.